The molecule has 0 radical (unpaired) electrons. The van der Waals surface area contributed by atoms with E-state index >= 15 is 0 Å². The van der Waals surface area contributed by atoms with Gasteiger partial charge in [-0.1, -0.05) is 6.92 Å². The van der Waals surface area contributed by atoms with Crippen LogP contribution in [0.5, 0.6) is 0 Å². The van der Waals surface area contributed by atoms with Crippen LogP contribution in [0.25, 0.3) is 0 Å². The Morgan fingerprint density at radius 3 is 3.05 bits per heavy atom. The molecule has 1 aliphatic heterocycles. The fourth-order valence-electron chi connectivity index (χ4n) is 2.76. The quantitative estimate of drug-likeness (QED) is 0.835. The number of thiophene rings is 1. The van der Waals surface area contributed by atoms with Crippen molar-refractivity contribution < 1.29 is 0 Å². The van der Waals surface area contributed by atoms with E-state index in [0.717, 1.165) is 17.6 Å². The van der Waals surface area contributed by atoms with Crippen LogP contribution in [-0.2, 0) is 18.7 Å². The number of aryl methyl sites for hydroxylation is 2. The van der Waals surface area contributed by atoms with Crippen LogP contribution in [0.1, 0.15) is 40.9 Å². The van der Waals surface area contributed by atoms with Gasteiger partial charge < -0.3 is 5.32 Å². The van der Waals surface area contributed by atoms with Crippen LogP contribution in [0.3, 0.4) is 0 Å². The van der Waals surface area contributed by atoms with Gasteiger partial charge in [0.25, 0.3) is 0 Å². The molecule has 0 amide bonds. The Morgan fingerprint density at radius 2 is 2.33 bits per heavy atom. The summed E-state index contributed by atoms with van der Waals surface area (Å²) in [6.07, 6.45) is 3.13. The summed E-state index contributed by atoms with van der Waals surface area (Å²) in [5, 5.41) is 8.11. The van der Waals surface area contributed by atoms with Crippen LogP contribution < -0.4 is 5.32 Å². The summed E-state index contributed by atoms with van der Waals surface area (Å²) in [6, 6.07) is 2.63. The predicted octanol–water partition coefficient (Wildman–Crippen LogP) is 4.22. The molecular weight excluding hydrogens is 366 g/mol. The summed E-state index contributed by atoms with van der Waals surface area (Å²) in [7, 11) is 0. The lowest BCUT2D eigenvalue weighted by molar-refractivity contribution is 0.545. The highest BCUT2D eigenvalue weighted by atomic mass is 79.9. The molecule has 0 fully saturated rings. The van der Waals surface area contributed by atoms with Gasteiger partial charge in [-0.3, -0.25) is 4.68 Å². The molecule has 1 atom stereocenters. The molecule has 0 spiro atoms. The number of halogens is 1. The zero-order chi connectivity index (χ0) is 14.8. The molecule has 1 aliphatic rings. The van der Waals surface area contributed by atoms with Crippen LogP contribution in [-0.4, -0.2) is 22.1 Å². The van der Waals surface area contributed by atoms with E-state index in [1.165, 1.54) is 34.1 Å². The maximum absolute atomic E-state index is 4.48. The number of aromatic nitrogens is 2. The molecular formula is C15H20BrN3S2. The molecule has 2 aromatic heterocycles. The molecule has 0 aliphatic carbocycles. The fraction of sp³-hybridized carbons (Fsp3) is 0.533. The van der Waals surface area contributed by atoms with E-state index < -0.39 is 0 Å². The van der Waals surface area contributed by atoms with Crippen molar-refractivity contribution in [1.82, 2.24) is 15.1 Å². The third-order valence-corrected chi connectivity index (χ3v) is 6.67. The molecule has 0 saturated carbocycles. The number of hydrogen-bond donors (Lipinski definition) is 1. The molecule has 0 aromatic carbocycles. The number of thioether (sulfide) groups is 1. The van der Waals surface area contributed by atoms with Gasteiger partial charge in [0.2, 0.25) is 0 Å². The van der Waals surface area contributed by atoms with Crippen LogP contribution in [0.15, 0.2) is 16.7 Å². The minimum Gasteiger partial charge on any atom is -0.305 e. The maximum atomic E-state index is 4.48. The second kappa shape index (κ2) is 6.86. The lowest BCUT2D eigenvalue weighted by atomic mass is 10.1. The van der Waals surface area contributed by atoms with Crippen LogP contribution in [0, 0.1) is 0 Å². The van der Waals surface area contributed by atoms with E-state index in [0.29, 0.717) is 0 Å². The van der Waals surface area contributed by atoms with Gasteiger partial charge in [0, 0.05) is 22.1 Å². The van der Waals surface area contributed by atoms with Crippen LogP contribution in [0.2, 0.25) is 0 Å². The molecule has 3 nitrogen and oxygen atoms in total. The number of nitrogens with one attached hydrogen (secondary N) is 1. The Bertz CT molecular complexity index is 597. The lowest BCUT2D eigenvalue weighted by Gasteiger charge is -2.18. The van der Waals surface area contributed by atoms with Gasteiger partial charge >= 0.3 is 0 Å². The van der Waals surface area contributed by atoms with Crippen LogP contribution >= 0.6 is 39.0 Å². The van der Waals surface area contributed by atoms with Crippen molar-refractivity contribution in [2.24, 2.45) is 0 Å². The lowest BCUT2D eigenvalue weighted by Crippen LogP contribution is -2.24. The third kappa shape index (κ3) is 3.09. The third-order valence-electron chi connectivity index (χ3n) is 3.75. The van der Waals surface area contributed by atoms with Gasteiger partial charge in [-0.2, -0.15) is 16.9 Å². The average molecular weight is 386 g/mol. The highest BCUT2D eigenvalue weighted by molar-refractivity contribution is 9.10. The second-order valence-electron chi connectivity index (χ2n) is 5.08. The minimum absolute atomic E-state index is 0.229. The molecule has 0 bridgehead atoms. The first kappa shape index (κ1) is 15.6. The standard InChI is InChI=1S/C15H20BrN3S2/c1-3-17-14(15-11(16)8-18-19(15)4-2)13-7-10-9-20-6-5-12(10)21-13/h7-8,14,17H,3-6,9H2,1-2H3. The van der Waals surface area contributed by atoms with Crippen molar-refractivity contribution in [3.8, 4) is 0 Å². The zero-order valence-corrected chi connectivity index (χ0v) is 15.6. The summed E-state index contributed by atoms with van der Waals surface area (Å²) in [5.74, 6) is 2.42. The Hall–Kier alpha value is -0.300. The van der Waals surface area contributed by atoms with Crippen molar-refractivity contribution in [3.63, 3.8) is 0 Å². The molecule has 2 aromatic rings. The molecule has 0 saturated heterocycles. The fourth-order valence-corrected chi connectivity index (χ4v) is 5.74. The van der Waals surface area contributed by atoms with Crippen molar-refractivity contribution >= 4 is 39.0 Å². The minimum atomic E-state index is 0.229. The summed E-state index contributed by atoms with van der Waals surface area (Å²) in [6.45, 7) is 6.14. The van der Waals surface area contributed by atoms with E-state index in [1.54, 1.807) is 4.88 Å². The summed E-state index contributed by atoms with van der Waals surface area (Å²) >= 11 is 7.69. The van der Waals surface area contributed by atoms with E-state index in [9.17, 15) is 0 Å². The van der Waals surface area contributed by atoms with Crippen molar-refractivity contribution in [1.29, 1.82) is 0 Å². The van der Waals surface area contributed by atoms with E-state index in [4.69, 9.17) is 0 Å². The van der Waals surface area contributed by atoms with Gasteiger partial charge in [-0.05, 0) is 53.2 Å². The molecule has 21 heavy (non-hydrogen) atoms. The highest BCUT2D eigenvalue weighted by Crippen LogP contribution is 2.38. The van der Waals surface area contributed by atoms with Gasteiger partial charge in [-0.25, -0.2) is 0 Å². The Labute approximate surface area is 142 Å². The molecule has 6 heteroatoms. The normalized spacial score (nSPS) is 16.0. The maximum Gasteiger partial charge on any atom is 0.0853 e. The average Bonchev–Trinajstić information content (AvgIpc) is 3.08. The Balaban J connectivity index is 2.01. The van der Waals surface area contributed by atoms with Gasteiger partial charge in [0.05, 0.1) is 22.4 Å². The van der Waals surface area contributed by atoms with E-state index in [2.05, 4.69) is 50.9 Å². The van der Waals surface area contributed by atoms with Crippen molar-refractivity contribution in [2.75, 3.05) is 12.3 Å². The molecule has 3 heterocycles. The first-order valence-electron chi connectivity index (χ1n) is 7.38. The molecule has 3 rings (SSSR count). The van der Waals surface area contributed by atoms with Crippen molar-refractivity contribution in [3.05, 3.63) is 37.7 Å². The zero-order valence-electron chi connectivity index (χ0n) is 12.4. The van der Waals surface area contributed by atoms with Gasteiger partial charge in [0.15, 0.2) is 0 Å². The van der Waals surface area contributed by atoms with Gasteiger partial charge in [0.1, 0.15) is 0 Å². The molecule has 1 N–H and O–H groups in total. The topological polar surface area (TPSA) is 29.9 Å². The SMILES string of the molecule is CCNC(c1cc2c(s1)CCSC2)c1c(Br)cnn1CC. The summed E-state index contributed by atoms with van der Waals surface area (Å²) in [4.78, 5) is 2.99. The van der Waals surface area contributed by atoms with Crippen molar-refractivity contribution in [2.45, 2.75) is 38.6 Å². The van der Waals surface area contributed by atoms with Crippen LogP contribution in [0.4, 0.5) is 0 Å². The van der Waals surface area contributed by atoms with E-state index in [-0.39, 0.29) is 6.04 Å². The number of rotatable bonds is 5. The predicted molar refractivity (Wildman–Crippen MR) is 95.3 cm³/mol. The van der Waals surface area contributed by atoms with E-state index in [1.807, 2.05) is 29.3 Å². The molecule has 1 unspecified atom stereocenters. The number of nitrogens with zero attached hydrogens (tertiary/aromatic N) is 2. The van der Waals surface area contributed by atoms with Gasteiger partial charge in [-0.15, -0.1) is 11.3 Å². The first-order valence-corrected chi connectivity index (χ1v) is 10.1. The monoisotopic (exact) mass is 385 g/mol. The Kier molecular flexibility index (Phi) is 5.09. The highest BCUT2D eigenvalue weighted by Gasteiger charge is 2.24. The molecule has 114 valence electrons. The Morgan fingerprint density at radius 1 is 1.48 bits per heavy atom. The largest absolute Gasteiger partial charge is 0.305 e. The second-order valence-corrected chi connectivity index (χ2v) is 8.21. The number of hydrogen-bond acceptors (Lipinski definition) is 4. The summed E-state index contributed by atoms with van der Waals surface area (Å²) in [5.41, 5.74) is 2.78. The smallest absolute Gasteiger partial charge is 0.0853 e. The first-order chi connectivity index (χ1) is 10.2. The number of fused-ring (bicyclic) bond motifs is 1. The summed E-state index contributed by atoms with van der Waals surface area (Å²) < 4.78 is 3.18.